The fourth-order valence-electron chi connectivity index (χ4n) is 2.19. The number of nitriles is 1. The third-order valence-electron chi connectivity index (χ3n) is 3.45. The Kier molecular flexibility index (Phi) is 5.37. The van der Waals surface area contributed by atoms with Crippen LogP contribution in [0.2, 0.25) is 0 Å². The molecule has 0 N–H and O–H groups in total. The number of hydrogen-bond acceptors (Lipinski definition) is 3. The fourth-order valence-corrected chi connectivity index (χ4v) is 2.19. The van der Waals surface area contributed by atoms with Gasteiger partial charge in [-0.1, -0.05) is 24.3 Å². The minimum absolute atomic E-state index is 0.344. The summed E-state index contributed by atoms with van der Waals surface area (Å²) in [5.74, 6) is -0.0988. The molecule has 0 heterocycles. The minimum atomic E-state index is -0.502. The van der Waals surface area contributed by atoms with Crippen LogP contribution < -0.4 is 9.64 Å². The Hall–Kier alpha value is -2.54. The van der Waals surface area contributed by atoms with Crippen molar-refractivity contribution < 1.29 is 9.13 Å². The van der Waals surface area contributed by atoms with Gasteiger partial charge in [0.2, 0.25) is 0 Å². The number of benzene rings is 2. The highest BCUT2D eigenvalue weighted by molar-refractivity contribution is 5.49. The Morgan fingerprint density at radius 1 is 1.18 bits per heavy atom. The molecule has 2 aromatic rings. The van der Waals surface area contributed by atoms with Gasteiger partial charge in [0, 0.05) is 37.8 Å². The zero-order valence-corrected chi connectivity index (χ0v) is 12.8. The first-order valence-corrected chi connectivity index (χ1v) is 7.16. The summed E-state index contributed by atoms with van der Waals surface area (Å²) in [4.78, 5) is 1.99. The molecule has 0 spiro atoms. The smallest absolute Gasteiger partial charge is 0.127 e. The van der Waals surface area contributed by atoms with E-state index in [0.717, 1.165) is 11.4 Å². The molecule has 114 valence electrons. The molecule has 0 radical (unpaired) electrons. The van der Waals surface area contributed by atoms with Crippen LogP contribution in [0.15, 0.2) is 48.5 Å². The van der Waals surface area contributed by atoms with Crippen LogP contribution in [-0.2, 0) is 0 Å². The molecule has 0 fully saturated rings. The molecule has 0 amide bonds. The van der Waals surface area contributed by atoms with E-state index in [1.165, 1.54) is 6.07 Å². The standard InChI is InChI=1S/C18H19FN2O/c1-21(2)15-6-5-7-16(12-15)22-11-10-14(13-20)17-8-3-4-9-18(17)19/h3-9,12,14H,10-11H2,1-2H3. The maximum absolute atomic E-state index is 13.7. The summed E-state index contributed by atoms with van der Waals surface area (Å²) in [6, 6.07) is 16.3. The van der Waals surface area contributed by atoms with Crippen LogP contribution in [0.4, 0.5) is 10.1 Å². The van der Waals surface area contributed by atoms with Gasteiger partial charge in [0.25, 0.3) is 0 Å². The van der Waals surface area contributed by atoms with Gasteiger partial charge in [-0.3, -0.25) is 0 Å². The lowest BCUT2D eigenvalue weighted by atomic mass is 9.97. The maximum Gasteiger partial charge on any atom is 0.127 e. The van der Waals surface area contributed by atoms with Gasteiger partial charge in [-0.2, -0.15) is 5.26 Å². The summed E-state index contributed by atoms with van der Waals surface area (Å²) in [5, 5.41) is 9.24. The highest BCUT2D eigenvalue weighted by Gasteiger charge is 2.14. The topological polar surface area (TPSA) is 36.3 Å². The van der Waals surface area contributed by atoms with Crippen molar-refractivity contribution in [2.75, 3.05) is 25.6 Å². The molecule has 0 aliphatic heterocycles. The number of rotatable bonds is 6. The highest BCUT2D eigenvalue weighted by Crippen LogP contribution is 2.23. The summed E-state index contributed by atoms with van der Waals surface area (Å²) < 4.78 is 19.4. The second-order valence-corrected chi connectivity index (χ2v) is 5.23. The molecular formula is C18H19FN2O. The Morgan fingerprint density at radius 3 is 2.64 bits per heavy atom. The van der Waals surface area contributed by atoms with Crippen molar-refractivity contribution in [1.29, 1.82) is 5.26 Å². The van der Waals surface area contributed by atoms with E-state index in [4.69, 9.17) is 4.74 Å². The van der Waals surface area contributed by atoms with Crippen molar-refractivity contribution in [2.45, 2.75) is 12.3 Å². The molecule has 3 nitrogen and oxygen atoms in total. The van der Waals surface area contributed by atoms with Crippen molar-refractivity contribution in [1.82, 2.24) is 0 Å². The van der Waals surface area contributed by atoms with E-state index in [1.54, 1.807) is 18.2 Å². The lowest BCUT2D eigenvalue weighted by molar-refractivity contribution is 0.305. The summed E-state index contributed by atoms with van der Waals surface area (Å²) in [6.07, 6.45) is 0.448. The largest absolute Gasteiger partial charge is 0.493 e. The van der Waals surface area contributed by atoms with Gasteiger partial charge in [0.1, 0.15) is 11.6 Å². The van der Waals surface area contributed by atoms with Crippen LogP contribution in [0, 0.1) is 17.1 Å². The molecular weight excluding hydrogens is 279 g/mol. The Balaban J connectivity index is 1.97. The first-order chi connectivity index (χ1) is 10.6. The van der Waals surface area contributed by atoms with Crippen molar-refractivity contribution in [3.05, 3.63) is 59.9 Å². The van der Waals surface area contributed by atoms with Gasteiger partial charge in [0.05, 0.1) is 18.6 Å². The number of anilines is 1. The first-order valence-electron chi connectivity index (χ1n) is 7.16. The highest BCUT2D eigenvalue weighted by atomic mass is 19.1. The molecule has 0 aliphatic carbocycles. The predicted molar refractivity (Wildman–Crippen MR) is 85.6 cm³/mol. The van der Waals surface area contributed by atoms with E-state index < -0.39 is 5.92 Å². The summed E-state index contributed by atoms with van der Waals surface area (Å²) in [7, 11) is 3.92. The van der Waals surface area contributed by atoms with Gasteiger partial charge >= 0.3 is 0 Å². The quantitative estimate of drug-likeness (QED) is 0.809. The van der Waals surface area contributed by atoms with Crippen molar-refractivity contribution >= 4 is 5.69 Å². The molecule has 0 bridgehead atoms. The van der Waals surface area contributed by atoms with E-state index in [0.29, 0.717) is 18.6 Å². The monoisotopic (exact) mass is 298 g/mol. The van der Waals surface area contributed by atoms with Crippen LogP contribution in [0.5, 0.6) is 5.75 Å². The van der Waals surface area contributed by atoms with Crippen molar-refractivity contribution in [2.24, 2.45) is 0 Å². The fraction of sp³-hybridized carbons (Fsp3) is 0.278. The van der Waals surface area contributed by atoms with E-state index in [9.17, 15) is 9.65 Å². The summed E-state index contributed by atoms with van der Waals surface area (Å²) in [5.41, 5.74) is 1.47. The number of ether oxygens (including phenoxy) is 1. The van der Waals surface area contributed by atoms with Crippen LogP contribution in [0.3, 0.4) is 0 Å². The van der Waals surface area contributed by atoms with Gasteiger partial charge in [0.15, 0.2) is 0 Å². The molecule has 22 heavy (non-hydrogen) atoms. The second-order valence-electron chi connectivity index (χ2n) is 5.23. The van der Waals surface area contributed by atoms with Crippen LogP contribution in [0.25, 0.3) is 0 Å². The van der Waals surface area contributed by atoms with Crippen LogP contribution in [-0.4, -0.2) is 20.7 Å². The first kappa shape index (κ1) is 15.8. The molecule has 4 heteroatoms. The molecule has 2 aromatic carbocycles. The molecule has 1 unspecified atom stereocenters. The second kappa shape index (κ2) is 7.46. The van der Waals surface area contributed by atoms with Gasteiger partial charge < -0.3 is 9.64 Å². The molecule has 0 saturated carbocycles. The molecule has 0 aliphatic rings. The van der Waals surface area contributed by atoms with Crippen LogP contribution >= 0.6 is 0 Å². The summed E-state index contributed by atoms with van der Waals surface area (Å²) in [6.45, 7) is 0.365. The molecule has 0 saturated heterocycles. The lowest BCUT2D eigenvalue weighted by Gasteiger charge is -2.15. The van der Waals surface area contributed by atoms with E-state index in [1.807, 2.05) is 43.3 Å². The molecule has 2 rings (SSSR count). The third-order valence-corrected chi connectivity index (χ3v) is 3.45. The number of hydrogen-bond donors (Lipinski definition) is 0. The maximum atomic E-state index is 13.7. The zero-order chi connectivity index (χ0) is 15.9. The zero-order valence-electron chi connectivity index (χ0n) is 12.8. The minimum Gasteiger partial charge on any atom is -0.493 e. The van der Waals surface area contributed by atoms with Gasteiger partial charge in [-0.15, -0.1) is 0 Å². The van der Waals surface area contributed by atoms with Crippen LogP contribution in [0.1, 0.15) is 17.9 Å². The van der Waals surface area contributed by atoms with Crippen molar-refractivity contribution in [3.8, 4) is 11.8 Å². The normalized spacial score (nSPS) is 11.5. The van der Waals surface area contributed by atoms with Gasteiger partial charge in [-0.05, 0) is 18.2 Å². The third kappa shape index (κ3) is 3.98. The Labute approximate surface area is 130 Å². The Bertz CT molecular complexity index is 664. The average Bonchev–Trinajstić information content (AvgIpc) is 2.53. The Morgan fingerprint density at radius 2 is 1.95 bits per heavy atom. The van der Waals surface area contributed by atoms with E-state index in [-0.39, 0.29) is 5.82 Å². The predicted octanol–water partition coefficient (Wildman–Crippen LogP) is 3.97. The van der Waals surface area contributed by atoms with E-state index >= 15 is 0 Å². The SMILES string of the molecule is CN(C)c1cccc(OCCC(C#N)c2ccccc2F)c1. The molecule has 1 atom stereocenters. The van der Waals surface area contributed by atoms with E-state index in [2.05, 4.69) is 6.07 Å². The lowest BCUT2D eigenvalue weighted by Crippen LogP contribution is -2.09. The number of halogens is 1. The summed E-state index contributed by atoms with van der Waals surface area (Å²) >= 11 is 0. The average molecular weight is 298 g/mol. The van der Waals surface area contributed by atoms with Crippen molar-refractivity contribution in [3.63, 3.8) is 0 Å². The number of nitrogens with zero attached hydrogens (tertiary/aromatic N) is 2. The molecule has 0 aromatic heterocycles. The van der Waals surface area contributed by atoms with Gasteiger partial charge in [-0.25, -0.2) is 4.39 Å².